The summed E-state index contributed by atoms with van der Waals surface area (Å²) in [7, 11) is 0. The van der Waals surface area contributed by atoms with E-state index in [9.17, 15) is 0 Å². The Morgan fingerprint density at radius 3 is 1.91 bits per heavy atom. The van der Waals surface area contributed by atoms with Crippen LogP contribution in [0.15, 0.2) is 66.7 Å². The van der Waals surface area contributed by atoms with Gasteiger partial charge in [0.05, 0.1) is 0 Å². The van der Waals surface area contributed by atoms with Crippen LogP contribution in [-0.4, -0.2) is 0 Å². The van der Waals surface area contributed by atoms with Crippen LogP contribution in [0.4, 0.5) is 0 Å². The first-order chi connectivity index (χ1) is 10.6. The number of rotatable bonds is 3. The zero-order valence-corrected chi connectivity index (χ0v) is 13.6. The zero-order valence-electron chi connectivity index (χ0n) is 13.6. The lowest BCUT2D eigenvalue weighted by molar-refractivity contribution is 1.15. The molecule has 0 aliphatic rings. The van der Waals surface area contributed by atoms with Gasteiger partial charge in [0.15, 0.2) is 0 Å². The van der Waals surface area contributed by atoms with Crippen LogP contribution < -0.4 is 0 Å². The lowest BCUT2D eigenvalue weighted by atomic mass is 9.93. The van der Waals surface area contributed by atoms with Crippen LogP contribution in [-0.2, 0) is 6.42 Å². The monoisotopic (exact) mass is 286 g/mol. The van der Waals surface area contributed by atoms with Gasteiger partial charge in [-0.1, -0.05) is 66.7 Å². The van der Waals surface area contributed by atoms with Gasteiger partial charge in [0, 0.05) is 0 Å². The third kappa shape index (κ3) is 2.96. The minimum Gasteiger partial charge on any atom is -0.0620 e. The van der Waals surface area contributed by atoms with E-state index in [2.05, 4.69) is 87.5 Å². The summed E-state index contributed by atoms with van der Waals surface area (Å²) in [4.78, 5) is 0. The largest absolute Gasteiger partial charge is 0.0620 e. The van der Waals surface area contributed by atoms with Crippen molar-refractivity contribution in [2.24, 2.45) is 0 Å². The Balaban J connectivity index is 1.93. The smallest absolute Gasteiger partial charge is 0.00230 e. The number of hydrogen-bond donors (Lipinski definition) is 0. The molecule has 0 radical (unpaired) electrons. The molecule has 0 fully saturated rings. The summed E-state index contributed by atoms with van der Waals surface area (Å²) in [6.45, 7) is 6.57. The van der Waals surface area contributed by atoms with E-state index < -0.39 is 0 Å². The van der Waals surface area contributed by atoms with Crippen molar-refractivity contribution in [3.05, 3.63) is 94.5 Å². The SMILES string of the molecule is Cc1ccccc1Cc1ccc(-c2ccccc2C)c(C)c1. The van der Waals surface area contributed by atoms with Crippen LogP contribution in [0.2, 0.25) is 0 Å². The van der Waals surface area contributed by atoms with Crippen molar-refractivity contribution in [3.8, 4) is 11.1 Å². The molecule has 3 aromatic carbocycles. The summed E-state index contributed by atoms with van der Waals surface area (Å²) in [6.07, 6.45) is 1.00. The highest BCUT2D eigenvalue weighted by Gasteiger charge is 2.06. The molecule has 3 aromatic rings. The van der Waals surface area contributed by atoms with Crippen LogP contribution >= 0.6 is 0 Å². The molecule has 0 heteroatoms. The van der Waals surface area contributed by atoms with E-state index in [1.807, 2.05) is 0 Å². The lowest BCUT2D eigenvalue weighted by Crippen LogP contribution is -1.94. The standard InChI is InChI=1S/C22H22/c1-16-8-4-6-10-20(16)15-19-12-13-22(18(3)14-19)21-11-7-5-9-17(21)2/h4-14H,15H2,1-3H3. The first-order valence-corrected chi connectivity index (χ1v) is 7.85. The van der Waals surface area contributed by atoms with E-state index in [1.54, 1.807) is 0 Å². The highest BCUT2D eigenvalue weighted by Crippen LogP contribution is 2.28. The molecule has 0 saturated heterocycles. The highest BCUT2D eigenvalue weighted by molar-refractivity contribution is 5.70. The van der Waals surface area contributed by atoms with Gasteiger partial charge in [-0.2, -0.15) is 0 Å². The minimum atomic E-state index is 1.00. The van der Waals surface area contributed by atoms with Gasteiger partial charge in [-0.05, 0) is 66.1 Å². The van der Waals surface area contributed by atoms with Gasteiger partial charge in [0.1, 0.15) is 0 Å². The van der Waals surface area contributed by atoms with Crippen molar-refractivity contribution >= 4 is 0 Å². The Hall–Kier alpha value is -2.34. The van der Waals surface area contributed by atoms with E-state index in [0.717, 1.165) is 6.42 Å². The summed E-state index contributed by atoms with van der Waals surface area (Å²) in [6, 6.07) is 24.1. The van der Waals surface area contributed by atoms with Crippen LogP contribution in [0.25, 0.3) is 11.1 Å². The summed E-state index contributed by atoms with van der Waals surface area (Å²) < 4.78 is 0. The lowest BCUT2D eigenvalue weighted by Gasteiger charge is -2.12. The summed E-state index contributed by atoms with van der Waals surface area (Å²) >= 11 is 0. The van der Waals surface area contributed by atoms with Crippen molar-refractivity contribution < 1.29 is 0 Å². The average Bonchev–Trinajstić information content (AvgIpc) is 2.51. The molecule has 0 aliphatic heterocycles. The third-order valence-corrected chi connectivity index (χ3v) is 4.38. The van der Waals surface area contributed by atoms with Crippen molar-refractivity contribution in [3.63, 3.8) is 0 Å². The molecule has 0 aliphatic carbocycles. The topological polar surface area (TPSA) is 0 Å². The second-order valence-electron chi connectivity index (χ2n) is 6.07. The Bertz CT molecular complexity index is 797. The summed E-state index contributed by atoms with van der Waals surface area (Å²) in [5, 5.41) is 0. The normalized spacial score (nSPS) is 10.7. The fraction of sp³-hybridized carbons (Fsp3) is 0.182. The first-order valence-electron chi connectivity index (χ1n) is 7.85. The Morgan fingerprint density at radius 1 is 0.591 bits per heavy atom. The molecule has 0 atom stereocenters. The molecule has 22 heavy (non-hydrogen) atoms. The Morgan fingerprint density at radius 2 is 1.23 bits per heavy atom. The molecule has 0 amide bonds. The van der Waals surface area contributed by atoms with E-state index >= 15 is 0 Å². The molecule has 0 spiro atoms. The van der Waals surface area contributed by atoms with Crippen molar-refractivity contribution in [1.29, 1.82) is 0 Å². The van der Waals surface area contributed by atoms with Crippen molar-refractivity contribution in [2.45, 2.75) is 27.2 Å². The molecule has 0 bridgehead atoms. The van der Waals surface area contributed by atoms with Gasteiger partial charge in [-0.3, -0.25) is 0 Å². The molecule has 110 valence electrons. The van der Waals surface area contributed by atoms with E-state index in [-0.39, 0.29) is 0 Å². The number of hydrogen-bond acceptors (Lipinski definition) is 0. The summed E-state index contributed by atoms with van der Waals surface area (Å²) in [5.74, 6) is 0. The van der Waals surface area contributed by atoms with Gasteiger partial charge in [0.25, 0.3) is 0 Å². The molecule has 0 unspecified atom stereocenters. The minimum absolute atomic E-state index is 1.00. The quantitative estimate of drug-likeness (QED) is 0.565. The van der Waals surface area contributed by atoms with Crippen LogP contribution in [0.5, 0.6) is 0 Å². The fourth-order valence-electron chi connectivity index (χ4n) is 3.04. The predicted molar refractivity (Wildman–Crippen MR) is 95.3 cm³/mol. The first kappa shape index (κ1) is 14.6. The molecule has 0 saturated carbocycles. The maximum absolute atomic E-state index is 2.33. The molecular weight excluding hydrogens is 264 g/mol. The highest BCUT2D eigenvalue weighted by atomic mass is 14.1. The number of aryl methyl sites for hydroxylation is 3. The molecule has 0 N–H and O–H groups in total. The van der Waals surface area contributed by atoms with Crippen molar-refractivity contribution in [1.82, 2.24) is 0 Å². The van der Waals surface area contributed by atoms with Crippen LogP contribution in [0, 0.1) is 20.8 Å². The maximum Gasteiger partial charge on any atom is -0.00230 e. The van der Waals surface area contributed by atoms with Gasteiger partial charge < -0.3 is 0 Å². The second kappa shape index (κ2) is 6.19. The van der Waals surface area contributed by atoms with Gasteiger partial charge in [0.2, 0.25) is 0 Å². The Labute approximate surface area is 133 Å². The summed E-state index contributed by atoms with van der Waals surface area (Å²) in [5.41, 5.74) is 9.50. The average molecular weight is 286 g/mol. The van der Waals surface area contributed by atoms with Crippen LogP contribution in [0.1, 0.15) is 27.8 Å². The van der Waals surface area contributed by atoms with Gasteiger partial charge in [-0.25, -0.2) is 0 Å². The van der Waals surface area contributed by atoms with Crippen molar-refractivity contribution in [2.75, 3.05) is 0 Å². The molecule has 0 aromatic heterocycles. The molecular formula is C22H22. The zero-order chi connectivity index (χ0) is 15.5. The number of benzene rings is 3. The van der Waals surface area contributed by atoms with Crippen LogP contribution in [0.3, 0.4) is 0 Å². The predicted octanol–water partition coefficient (Wildman–Crippen LogP) is 5.87. The third-order valence-electron chi connectivity index (χ3n) is 4.38. The second-order valence-corrected chi connectivity index (χ2v) is 6.07. The van der Waals surface area contributed by atoms with E-state index in [4.69, 9.17) is 0 Å². The van der Waals surface area contributed by atoms with Gasteiger partial charge >= 0.3 is 0 Å². The fourth-order valence-corrected chi connectivity index (χ4v) is 3.04. The molecule has 0 heterocycles. The van der Waals surface area contributed by atoms with E-state index in [1.165, 1.54) is 38.9 Å². The van der Waals surface area contributed by atoms with E-state index in [0.29, 0.717) is 0 Å². The molecule has 0 nitrogen and oxygen atoms in total. The molecule has 3 rings (SSSR count). The maximum atomic E-state index is 2.33. The Kier molecular flexibility index (Phi) is 4.11. The van der Waals surface area contributed by atoms with Gasteiger partial charge in [-0.15, -0.1) is 0 Å².